The first-order chi connectivity index (χ1) is 10.2. The maximum Gasteiger partial charge on any atom is 0.123 e. The third-order valence-corrected chi connectivity index (χ3v) is 4.14. The van der Waals surface area contributed by atoms with Crippen molar-refractivity contribution in [3.8, 4) is 0 Å². The van der Waals surface area contributed by atoms with Gasteiger partial charge in [-0.1, -0.05) is 17.3 Å². The van der Waals surface area contributed by atoms with Gasteiger partial charge in [-0.2, -0.15) is 0 Å². The predicted octanol–water partition coefficient (Wildman–Crippen LogP) is 1.75. The molecule has 1 aromatic heterocycles. The van der Waals surface area contributed by atoms with Crippen LogP contribution in [-0.2, 0) is 23.9 Å². The Hall–Kier alpha value is -1.79. The van der Waals surface area contributed by atoms with E-state index in [1.165, 1.54) is 6.07 Å². The van der Waals surface area contributed by atoms with Crippen LogP contribution in [-0.4, -0.2) is 28.2 Å². The first-order valence-corrected chi connectivity index (χ1v) is 7.12. The van der Waals surface area contributed by atoms with Gasteiger partial charge in [0.15, 0.2) is 0 Å². The minimum atomic E-state index is -0.259. The topological polar surface area (TPSA) is 52.0 Å². The molecule has 5 nitrogen and oxygen atoms in total. The molecule has 2 aromatic rings. The van der Waals surface area contributed by atoms with Crippen LogP contribution in [0.3, 0.4) is 0 Å². The summed E-state index contributed by atoms with van der Waals surface area (Å²) >= 11 is 0. The molecule has 0 unspecified atom stereocenters. The molecule has 0 radical (unpaired) electrons. The molecular weight excluding hydrogens is 271 g/mol. The lowest BCUT2D eigenvalue weighted by atomic mass is 9.82. The summed E-state index contributed by atoms with van der Waals surface area (Å²) in [4.78, 5) is 0. The van der Waals surface area contributed by atoms with Gasteiger partial charge in [0.25, 0.3) is 0 Å². The number of benzene rings is 1. The molecule has 1 N–H and O–H groups in total. The highest BCUT2D eigenvalue weighted by Gasteiger charge is 2.34. The molecule has 1 aromatic carbocycles. The summed E-state index contributed by atoms with van der Waals surface area (Å²) in [5.41, 5.74) is 1.71. The van der Waals surface area contributed by atoms with Crippen LogP contribution < -0.4 is 5.32 Å². The van der Waals surface area contributed by atoms with Gasteiger partial charge in [-0.05, 0) is 30.5 Å². The molecule has 0 bridgehead atoms. The number of aryl methyl sites for hydroxylation is 1. The first-order valence-electron chi connectivity index (χ1n) is 7.12. The van der Waals surface area contributed by atoms with Crippen molar-refractivity contribution in [1.82, 2.24) is 20.3 Å². The third-order valence-electron chi connectivity index (χ3n) is 4.14. The maximum absolute atomic E-state index is 13.6. The number of halogens is 1. The molecular formula is C15H19FN4O. The lowest BCUT2D eigenvalue weighted by Crippen LogP contribution is -2.46. The van der Waals surface area contributed by atoms with Crippen LogP contribution in [0, 0.1) is 5.82 Å². The highest BCUT2D eigenvalue weighted by Crippen LogP contribution is 2.32. The molecule has 0 saturated carbocycles. The first kappa shape index (κ1) is 14.2. The van der Waals surface area contributed by atoms with Gasteiger partial charge in [-0.15, -0.1) is 5.10 Å². The van der Waals surface area contributed by atoms with Gasteiger partial charge in [0, 0.05) is 32.3 Å². The summed E-state index contributed by atoms with van der Waals surface area (Å²) in [5.74, 6) is -0.206. The lowest BCUT2D eigenvalue weighted by molar-refractivity contribution is 0.0354. The molecule has 21 heavy (non-hydrogen) atoms. The standard InChI is InChI=1S/C15H19FN4O/c1-20-14(11-18-19-20)10-17-15(5-7-21-8-6-15)12-3-2-4-13(16)9-12/h2-4,9,11,17H,5-8,10H2,1H3. The lowest BCUT2D eigenvalue weighted by Gasteiger charge is -2.38. The Morgan fingerprint density at radius 3 is 2.86 bits per heavy atom. The smallest absolute Gasteiger partial charge is 0.123 e. The summed E-state index contributed by atoms with van der Waals surface area (Å²) in [6.45, 7) is 1.99. The van der Waals surface area contributed by atoms with E-state index in [4.69, 9.17) is 4.74 Å². The average Bonchev–Trinajstić information content (AvgIpc) is 2.91. The molecule has 1 aliphatic heterocycles. The van der Waals surface area contributed by atoms with Crippen molar-refractivity contribution in [2.45, 2.75) is 24.9 Å². The van der Waals surface area contributed by atoms with E-state index in [-0.39, 0.29) is 11.4 Å². The van der Waals surface area contributed by atoms with Crippen molar-refractivity contribution in [3.63, 3.8) is 0 Å². The van der Waals surface area contributed by atoms with Gasteiger partial charge in [-0.3, -0.25) is 4.68 Å². The number of hydrogen-bond donors (Lipinski definition) is 1. The molecule has 0 spiro atoms. The van der Waals surface area contributed by atoms with E-state index in [1.807, 2.05) is 13.1 Å². The third kappa shape index (κ3) is 2.96. The monoisotopic (exact) mass is 290 g/mol. The summed E-state index contributed by atoms with van der Waals surface area (Å²) in [7, 11) is 1.86. The maximum atomic E-state index is 13.6. The minimum Gasteiger partial charge on any atom is -0.381 e. The summed E-state index contributed by atoms with van der Waals surface area (Å²) in [5, 5.41) is 11.4. The SMILES string of the molecule is Cn1nncc1CNC1(c2cccc(F)c2)CCOCC1. The minimum absolute atomic E-state index is 0.206. The Morgan fingerprint density at radius 2 is 2.19 bits per heavy atom. The highest BCUT2D eigenvalue weighted by atomic mass is 19.1. The zero-order chi connectivity index (χ0) is 14.7. The van der Waals surface area contributed by atoms with E-state index in [9.17, 15) is 4.39 Å². The Bertz CT molecular complexity index is 607. The van der Waals surface area contributed by atoms with Gasteiger partial charge in [0.2, 0.25) is 0 Å². The Morgan fingerprint density at radius 1 is 1.38 bits per heavy atom. The molecule has 112 valence electrons. The summed E-state index contributed by atoms with van der Waals surface area (Å²) in [6.07, 6.45) is 3.38. The number of aromatic nitrogens is 3. The molecule has 1 fully saturated rings. The molecule has 0 atom stereocenters. The largest absolute Gasteiger partial charge is 0.381 e. The number of ether oxygens (including phenoxy) is 1. The highest BCUT2D eigenvalue weighted by molar-refractivity contribution is 5.26. The Labute approximate surface area is 123 Å². The fraction of sp³-hybridized carbons (Fsp3) is 0.467. The van der Waals surface area contributed by atoms with Crippen molar-refractivity contribution < 1.29 is 9.13 Å². The van der Waals surface area contributed by atoms with E-state index in [0.29, 0.717) is 19.8 Å². The van der Waals surface area contributed by atoms with Crippen LogP contribution >= 0.6 is 0 Å². The summed E-state index contributed by atoms with van der Waals surface area (Å²) < 4.78 is 20.8. The zero-order valence-corrected chi connectivity index (χ0v) is 12.1. The fourth-order valence-corrected chi connectivity index (χ4v) is 2.80. The second-order valence-corrected chi connectivity index (χ2v) is 5.41. The normalized spacial score (nSPS) is 17.8. The Kier molecular flexibility index (Phi) is 3.98. The van der Waals surface area contributed by atoms with E-state index in [1.54, 1.807) is 23.0 Å². The quantitative estimate of drug-likeness (QED) is 0.932. The van der Waals surface area contributed by atoms with Gasteiger partial charge >= 0.3 is 0 Å². The van der Waals surface area contributed by atoms with Gasteiger partial charge < -0.3 is 10.1 Å². The van der Waals surface area contributed by atoms with Gasteiger partial charge in [0.1, 0.15) is 5.82 Å². The van der Waals surface area contributed by atoms with Crippen LogP contribution in [0.15, 0.2) is 30.5 Å². The fourth-order valence-electron chi connectivity index (χ4n) is 2.80. The van der Waals surface area contributed by atoms with Crippen molar-refractivity contribution in [2.24, 2.45) is 7.05 Å². The van der Waals surface area contributed by atoms with Crippen molar-refractivity contribution in [2.75, 3.05) is 13.2 Å². The molecule has 3 rings (SSSR count). The van der Waals surface area contributed by atoms with Crippen LogP contribution in [0.1, 0.15) is 24.1 Å². The van der Waals surface area contributed by atoms with Crippen molar-refractivity contribution in [1.29, 1.82) is 0 Å². The van der Waals surface area contributed by atoms with E-state index in [2.05, 4.69) is 15.6 Å². The number of nitrogens with zero attached hydrogens (tertiary/aromatic N) is 3. The number of hydrogen-bond acceptors (Lipinski definition) is 4. The van der Waals surface area contributed by atoms with Crippen molar-refractivity contribution in [3.05, 3.63) is 47.5 Å². The van der Waals surface area contributed by atoms with Crippen molar-refractivity contribution >= 4 is 0 Å². The van der Waals surface area contributed by atoms with E-state index in [0.717, 1.165) is 24.1 Å². The van der Waals surface area contributed by atoms with Crippen LogP contribution in [0.4, 0.5) is 4.39 Å². The Balaban J connectivity index is 1.84. The van der Waals surface area contributed by atoms with Gasteiger partial charge in [0.05, 0.1) is 11.9 Å². The number of nitrogens with one attached hydrogen (secondary N) is 1. The van der Waals surface area contributed by atoms with Crippen LogP contribution in [0.25, 0.3) is 0 Å². The molecule has 0 amide bonds. The summed E-state index contributed by atoms with van der Waals surface area (Å²) in [6, 6.07) is 6.82. The van der Waals surface area contributed by atoms with Crippen LogP contribution in [0.2, 0.25) is 0 Å². The van der Waals surface area contributed by atoms with E-state index < -0.39 is 0 Å². The second-order valence-electron chi connectivity index (χ2n) is 5.41. The number of rotatable bonds is 4. The molecule has 1 aliphatic rings. The zero-order valence-electron chi connectivity index (χ0n) is 12.1. The predicted molar refractivity (Wildman–Crippen MR) is 76.0 cm³/mol. The molecule has 6 heteroatoms. The van der Waals surface area contributed by atoms with Gasteiger partial charge in [-0.25, -0.2) is 4.39 Å². The second kappa shape index (κ2) is 5.91. The average molecular weight is 290 g/mol. The molecule has 2 heterocycles. The molecule has 1 saturated heterocycles. The van der Waals surface area contributed by atoms with E-state index >= 15 is 0 Å². The van der Waals surface area contributed by atoms with Crippen LogP contribution in [0.5, 0.6) is 0 Å². The molecule has 0 aliphatic carbocycles.